The predicted molar refractivity (Wildman–Crippen MR) is 89.5 cm³/mol. The first-order valence-corrected chi connectivity index (χ1v) is 7.03. The fourth-order valence-electron chi connectivity index (χ4n) is 2.07. The number of hydrazone groups is 1. The van der Waals surface area contributed by atoms with Crippen LogP contribution in [0.15, 0.2) is 72.0 Å². The van der Waals surface area contributed by atoms with Gasteiger partial charge in [0, 0.05) is 0 Å². The second kappa shape index (κ2) is 6.57. The van der Waals surface area contributed by atoms with E-state index in [2.05, 4.69) is 15.6 Å². The highest BCUT2D eigenvalue weighted by Gasteiger charge is 2.15. The first-order valence-electron chi connectivity index (χ1n) is 7.03. The van der Waals surface area contributed by atoms with Crippen molar-refractivity contribution >= 4 is 17.9 Å². The van der Waals surface area contributed by atoms with Gasteiger partial charge in [-0.05, 0) is 17.7 Å². The van der Waals surface area contributed by atoms with Gasteiger partial charge in [-0.15, -0.1) is 0 Å². The van der Waals surface area contributed by atoms with Crippen molar-refractivity contribution in [2.45, 2.75) is 0 Å². The molecular weight excluding hydrogens is 290 g/mol. The fourth-order valence-corrected chi connectivity index (χ4v) is 2.07. The van der Waals surface area contributed by atoms with E-state index in [1.165, 1.54) is 10.9 Å². The predicted octanol–water partition coefficient (Wildman–Crippen LogP) is 2.22. The number of para-hydroxylation sites is 1. The molecule has 3 N–H and O–H groups in total. The lowest BCUT2D eigenvalue weighted by Gasteiger charge is -2.04. The lowest BCUT2D eigenvalue weighted by molar-refractivity contribution is 0.0956. The van der Waals surface area contributed by atoms with Gasteiger partial charge in [-0.1, -0.05) is 48.5 Å². The lowest BCUT2D eigenvalue weighted by atomic mass is 10.2. The van der Waals surface area contributed by atoms with E-state index in [1.54, 1.807) is 6.21 Å². The van der Waals surface area contributed by atoms with Crippen molar-refractivity contribution in [3.05, 3.63) is 78.0 Å². The van der Waals surface area contributed by atoms with Crippen LogP contribution in [-0.4, -0.2) is 21.9 Å². The summed E-state index contributed by atoms with van der Waals surface area (Å²) in [6.45, 7) is 0. The van der Waals surface area contributed by atoms with Gasteiger partial charge in [0.25, 0.3) is 5.91 Å². The Morgan fingerprint density at radius 2 is 1.74 bits per heavy atom. The molecule has 0 saturated heterocycles. The Morgan fingerprint density at radius 1 is 1.09 bits per heavy atom. The molecule has 0 aliphatic rings. The van der Waals surface area contributed by atoms with Crippen molar-refractivity contribution in [3.63, 3.8) is 0 Å². The van der Waals surface area contributed by atoms with Crippen LogP contribution in [0.1, 0.15) is 15.9 Å². The standard InChI is InChI=1S/C17H15N5O/c18-16-15(12-20-22(16)14-9-5-2-6-10-14)17(23)21-19-11-13-7-3-1-4-8-13/h1-12H,18H2,(H,21,23)/b19-11+. The summed E-state index contributed by atoms with van der Waals surface area (Å²) in [4.78, 5) is 12.1. The van der Waals surface area contributed by atoms with Gasteiger partial charge in [0.15, 0.2) is 0 Å². The van der Waals surface area contributed by atoms with Crippen LogP contribution in [0.5, 0.6) is 0 Å². The number of nitrogen functional groups attached to an aromatic ring is 1. The first kappa shape index (κ1) is 14.5. The number of aromatic nitrogens is 2. The highest BCUT2D eigenvalue weighted by molar-refractivity contribution is 5.98. The zero-order chi connectivity index (χ0) is 16.1. The van der Waals surface area contributed by atoms with E-state index in [0.717, 1.165) is 11.3 Å². The normalized spacial score (nSPS) is 10.8. The van der Waals surface area contributed by atoms with Crippen molar-refractivity contribution in [1.82, 2.24) is 15.2 Å². The number of rotatable bonds is 4. The molecule has 0 atom stereocenters. The number of benzene rings is 2. The molecule has 0 bridgehead atoms. The summed E-state index contributed by atoms with van der Waals surface area (Å²) in [5.41, 5.74) is 10.4. The average Bonchev–Trinajstić information content (AvgIpc) is 2.98. The number of nitrogens with one attached hydrogen (secondary N) is 1. The van der Waals surface area contributed by atoms with Gasteiger partial charge in [0.1, 0.15) is 11.4 Å². The summed E-state index contributed by atoms with van der Waals surface area (Å²) >= 11 is 0. The number of carbonyl (C=O) groups is 1. The van der Waals surface area contributed by atoms with Crippen LogP contribution in [0.4, 0.5) is 5.82 Å². The minimum absolute atomic E-state index is 0.267. The molecule has 1 aromatic heterocycles. The zero-order valence-corrected chi connectivity index (χ0v) is 12.3. The van der Waals surface area contributed by atoms with Crippen molar-refractivity contribution < 1.29 is 4.79 Å². The van der Waals surface area contributed by atoms with E-state index in [9.17, 15) is 4.79 Å². The van der Waals surface area contributed by atoms with Crippen LogP contribution < -0.4 is 11.2 Å². The van der Waals surface area contributed by atoms with Crippen LogP contribution in [0.2, 0.25) is 0 Å². The van der Waals surface area contributed by atoms with Crippen molar-refractivity contribution in [2.75, 3.05) is 5.73 Å². The molecular formula is C17H15N5O. The van der Waals surface area contributed by atoms with E-state index >= 15 is 0 Å². The molecule has 114 valence electrons. The summed E-state index contributed by atoms with van der Waals surface area (Å²) in [7, 11) is 0. The fraction of sp³-hybridized carbons (Fsp3) is 0. The number of nitrogens with two attached hydrogens (primary N) is 1. The average molecular weight is 305 g/mol. The molecule has 3 rings (SSSR count). The van der Waals surface area contributed by atoms with Gasteiger partial charge >= 0.3 is 0 Å². The quantitative estimate of drug-likeness (QED) is 0.572. The van der Waals surface area contributed by atoms with Gasteiger partial charge in [-0.3, -0.25) is 4.79 Å². The molecule has 0 saturated carbocycles. The smallest absolute Gasteiger partial charge is 0.276 e. The molecule has 0 unspecified atom stereocenters. The third kappa shape index (κ3) is 3.26. The van der Waals surface area contributed by atoms with Crippen molar-refractivity contribution in [2.24, 2.45) is 5.10 Å². The van der Waals surface area contributed by atoms with Gasteiger partial charge in [0.2, 0.25) is 0 Å². The van der Waals surface area contributed by atoms with Crippen LogP contribution in [-0.2, 0) is 0 Å². The minimum atomic E-state index is -0.406. The number of hydrogen-bond acceptors (Lipinski definition) is 4. The van der Waals surface area contributed by atoms with Crippen LogP contribution >= 0.6 is 0 Å². The molecule has 0 radical (unpaired) electrons. The maximum atomic E-state index is 12.1. The van der Waals surface area contributed by atoms with E-state index in [-0.39, 0.29) is 11.4 Å². The molecule has 0 fully saturated rings. The highest BCUT2D eigenvalue weighted by Crippen LogP contribution is 2.16. The number of hydrogen-bond donors (Lipinski definition) is 2. The Hall–Kier alpha value is -3.41. The van der Waals surface area contributed by atoms with E-state index in [1.807, 2.05) is 60.7 Å². The SMILES string of the molecule is Nc1c(C(=O)N/N=C/c2ccccc2)cnn1-c1ccccc1. The van der Waals surface area contributed by atoms with Crippen LogP contribution in [0.25, 0.3) is 5.69 Å². The van der Waals surface area contributed by atoms with Crippen LogP contribution in [0.3, 0.4) is 0 Å². The molecule has 3 aromatic rings. The summed E-state index contributed by atoms with van der Waals surface area (Å²) in [5, 5.41) is 8.08. The largest absolute Gasteiger partial charge is 0.383 e. The number of nitrogens with zero attached hydrogens (tertiary/aromatic N) is 3. The number of anilines is 1. The monoisotopic (exact) mass is 305 g/mol. The van der Waals surface area contributed by atoms with Crippen molar-refractivity contribution in [3.8, 4) is 5.69 Å². The topological polar surface area (TPSA) is 85.3 Å². The molecule has 0 aliphatic heterocycles. The molecule has 0 spiro atoms. The summed E-state index contributed by atoms with van der Waals surface area (Å²) < 4.78 is 1.51. The number of carbonyl (C=O) groups excluding carboxylic acids is 1. The van der Waals surface area contributed by atoms with Crippen LogP contribution in [0, 0.1) is 0 Å². The Labute approximate surface area is 133 Å². The van der Waals surface area contributed by atoms with Gasteiger partial charge in [0.05, 0.1) is 18.1 Å². The molecule has 6 nitrogen and oxygen atoms in total. The molecule has 1 amide bonds. The third-order valence-electron chi connectivity index (χ3n) is 3.23. The number of amides is 1. The first-order chi connectivity index (χ1) is 11.3. The second-order valence-corrected chi connectivity index (χ2v) is 4.80. The third-order valence-corrected chi connectivity index (χ3v) is 3.23. The maximum Gasteiger partial charge on any atom is 0.276 e. The summed E-state index contributed by atoms with van der Waals surface area (Å²) in [6.07, 6.45) is 2.99. The Morgan fingerprint density at radius 3 is 2.43 bits per heavy atom. The summed E-state index contributed by atoms with van der Waals surface area (Å²) in [5.74, 6) is -0.138. The van der Waals surface area contributed by atoms with Crippen molar-refractivity contribution in [1.29, 1.82) is 0 Å². The zero-order valence-electron chi connectivity index (χ0n) is 12.3. The maximum absolute atomic E-state index is 12.1. The van der Waals surface area contributed by atoms with Gasteiger partial charge in [-0.25, -0.2) is 10.1 Å². The molecule has 23 heavy (non-hydrogen) atoms. The summed E-state index contributed by atoms with van der Waals surface area (Å²) in [6, 6.07) is 18.8. The Bertz CT molecular complexity index is 825. The Kier molecular flexibility index (Phi) is 4.15. The van der Waals surface area contributed by atoms with E-state index in [4.69, 9.17) is 5.73 Å². The Balaban J connectivity index is 1.74. The van der Waals surface area contributed by atoms with Gasteiger partial charge < -0.3 is 5.73 Å². The second-order valence-electron chi connectivity index (χ2n) is 4.80. The van der Waals surface area contributed by atoms with E-state index in [0.29, 0.717) is 0 Å². The molecule has 0 aliphatic carbocycles. The molecule has 6 heteroatoms. The molecule has 2 aromatic carbocycles. The highest BCUT2D eigenvalue weighted by atomic mass is 16.2. The minimum Gasteiger partial charge on any atom is -0.383 e. The van der Waals surface area contributed by atoms with E-state index < -0.39 is 5.91 Å². The van der Waals surface area contributed by atoms with Gasteiger partial charge in [-0.2, -0.15) is 10.2 Å². The molecule has 1 heterocycles. The lowest BCUT2D eigenvalue weighted by Crippen LogP contribution is -2.18.